The summed E-state index contributed by atoms with van der Waals surface area (Å²) in [6, 6.07) is 7.25. The summed E-state index contributed by atoms with van der Waals surface area (Å²) < 4.78 is 4.73. The highest BCUT2D eigenvalue weighted by atomic mass is 16.7. The molecule has 0 atom stereocenters. The molecule has 0 fully saturated rings. The van der Waals surface area contributed by atoms with E-state index in [1.807, 2.05) is 12.1 Å². The Morgan fingerprint density at radius 1 is 1.25 bits per heavy atom. The third-order valence-corrected chi connectivity index (χ3v) is 3.75. The molecule has 2 heterocycles. The summed E-state index contributed by atoms with van der Waals surface area (Å²) in [5, 5.41) is 7.80. The number of hydrogen-bond donors (Lipinski definition) is 1. The Kier molecular flexibility index (Phi) is 4.03. The van der Waals surface area contributed by atoms with Gasteiger partial charge < -0.3 is 14.6 Å². The van der Waals surface area contributed by atoms with E-state index in [0.29, 0.717) is 33.5 Å². The smallest absolute Gasteiger partial charge is 0.339 e. The van der Waals surface area contributed by atoms with Crippen molar-refractivity contribution in [2.24, 2.45) is 0 Å². The summed E-state index contributed by atoms with van der Waals surface area (Å²) in [7, 11) is 1.30. The van der Waals surface area contributed by atoms with E-state index in [1.54, 1.807) is 26.0 Å². The third kappa shape index (κ3) is 2.62. The Hall–Kier alpha value is -3.16. The molecule has 0 aliphatic rings. The van der Waals surface area contributed by atoms with Gasteiger partial charge in [0.1, 0.15) is 11.0 Å². The first-order chi connectivity index (χ1) is 11.5. The maximum atomic E-state index is 12.4. The molecular weight excluding hydrogens is 312 g/mol. The number of carbonyl (C=O) groups excluding carboxylic acids is 2. The van der Waals surface area contributed by atoms with E-state index in [-0.39, 0.29) is 12.4 Å². The van der Waals surface area contributed by atoms with Crippen LogP contribution in [0, 0.1) is 13.8 Å². The Bertz CT molecular complexity index is 925. The summed E-state index contributed by atoms with van der Waals surface area (Å²) in [4.78, 5) is 33.7. The van der Waals surface area contributed by atoms with Crippen LogP contribution in [0.3, 0.4) is 0 Å². The average molecular weight is 328 g/mol. The molecule has 8 nitrogen and oxygen atoms in total. The monoisotopic (exact) mass is 328 g/mol. The molecule has 0 aliphatic carbocycles. The van der Waals surface area contributed by atoms with Crippen molar-refractivity contribution in [2.75, 3.05) is 13.7 Å². The molecule has 0 aliphatic heterocycles. The number of fused-ring (bicyclic) bond motifs is 1. The van der Waals surface area contributed by atoms with Crippen molar-refractivity contribution < 1.29 is 19.2 Å². The van der Waals surface area contributed by atoms with Crippen LogP contribution in [0.5, 0.6) is 0 Å². The Morgan fingerprint density at radius 2 is 2.00 bits per heavy atom. The van der Waals surface area contributed by atoms with Gasteiger partial charge in [-0.15, -0.1) is 5.10 Å². The van der Waals surface area contributed by atoms with Crippen LogP contribution >= 0.6 is 0 Å². The van der Waals surface area contributed by atoms with E-state index in [9.17, 15) is 9.59 Å². The lowest BCUT2D eigenvalue weighted by molar-refractivity contribution is 0.0599. The molecule has 0 saturated heterocycles. The molecule has 0 radical (unpaired) electrons. The van der Waals surface area contributed by atoms with Gasteiger partial charge in [-0.1, -0.05) is 17.0 Å². The van der Waals surface area contributed by atoms with Gasteiger partial charge in [-0.2, -0.15) is 0 Å². The van der Waals surface area contributed by atoms with E-state index in [1.165, 1.54) is 12.0 Å². The van der Waals surface area contributed by atoms with Crippen LogP contribution in [-0.2, 0) is 4.74 Å². The Labute approximate surface area is 137 Å². The van der Waals surface area contributed by atoms with Gasteiger partial charge in [0.25, 0.3) is 0 Å². The first kappa shape index (κ1) is 15.7. The zero-order valence-corrected chi connectivity index (χ0v) is 13.5. The Morgan fingerprint density at radius 3 is 2.75 bits per heavy atom. The molecule has 2 aromatic heterocycles. The largest absolute Gasteiger partial charge is 0.465 e. The van der Waals surface area contributed by atoms with Crippen LogP contribution in [0.1, 0.15) is 32.1 Å². The van der Waals surface area contributed by atoms with Crippen molar-refractivity contribution in [3.8, 4) is 0 Å². The first-order valence-electron chi connectivity index (χ1n) is 7.27. The summed E-state index contributed by atoms with van der Waals surface area (Å²) in [6.45, 7) is 3.16. The predicted molar refractivity (Wildman–Crippen MR) is 84.9 cm³/mol. The van der Waals surface area contributed by atoms with Gasteiger partial charge in [-0.05, 0) is 36.8 Å². The van der Waals surface area contributed by atoms with Gasteiger partial charge in [0.2, 0.25) is 5.78 Å². The molecule has 1 aromatic carbocycles. The second-order valence-electron chi connectivity index (χ2n) is 5.26. The molecule has 8 heteroatoms. The maximum Gasteiger partial charge on any atom is 0.339 e. The average Bonchev–Trinajstić information content (AvgIpc) is 3.13. The molecule has 24 heavy (non-hydrogen) atoms. The number of Topliss-reactive ketones (excluding diaryl/α,β-unsaturated/α-hetero) is 1. The van der Waals surface area contributed by atoms with Gasteiger partial charge in [-0.25, -0.2) is 4.79 Å². The number of ketones is 1. The second kappa shape index (κ2) is 6.15. The summed E-state index contributed by atoms with van der Waals surface area (Å²) in [5.74, 6) is -0.783. The number of aromatic amines is 1. The number of aromatic nitrogens is 4. The van der Waals surface area contributed by atoms with Crippen LogP contribution in [0.2, 0.25) is 0 Å². The number of rotatable bonds is 5. The van der Waals surface area contributed by atoms with Crippen molar-refractivity contribution in [2.45, 2.75) is 13.8 Å². The van der Waals surface area contributed by atoms with Crippen molar-refractivity contribution in [1.29, 1.82) is 0 Å². The lowest BCUT2D eigenvalue weighted by Gasteiger charge is -2.04. The lowest BCUT2D eigenvalue weighted by Crippen LogP contribution is -2.22. The number of esters is 1. The topological polar surface area (TPSA) is 99.1 Å². The fraction of sp³-hybridized carbons (Fsp3) is 0.250. The van der Waals surface area contributed by atoms with Gasteiger partial charge in [-0.3, -0.25) is 4.79 Å². The number of para-hydroxylation sites is 1. The fourth-order valence-electron chi connectivity index (χ4n) is 2.57. The van der Waals surface area contributed by atoms with Crippen LogP contribution in [0.15, 0.2) is 24.3 Å². The molecule has 0 amide bonds. The predicted octanol–water partition coefficient (Wildman–Crippen LogP) is 1.47. The number of nitrogens with one attached hydrogen (secondary N) is 1. The van der Waals surface area contributed by atoms with E-state index in [0.717, 1.165) is 0 Å². The summed E-state index contributed by atoms with van der Waals surface area (Å²) in [6.07, 6.45) is 0. The van der Waals surface area contributed by atoms with Gasteiger partial charge >= 0.3 is 5.97 Å². The zero-order chi connectivity index (χ0) is 17.3. The second-order valence-corrected chi connectivity index (χ2v) is 5.26. The minimum atomic E-state index is -0.483. The molecule has 3 aromatic rings. The van der Waals surface area contributed by atoms with E-state index < -0.39 is 5.97 Å². The van der Waals surface area contributed by atoms with E-state index in [2.05, 4.69) is 15.3 Å². The van der Waals surface area contributed by atoms with Crippen molar-refractivity contribution in [3.63, 3.8) is 0 Å². The highest BCUT2D eigenvalue weighted by Gasteiger charge is 2.23. The standard InChI is InChI=1S/C16H16N4O4/c1-9-14(16(22)23-3)10(2)17-15(9)13(21)8-24-20-12-7-5-4-6-11(12)18-19-20/h4-7,17H,8H2,1-3H3. The van der Waals surface area contributed by atoms with Crippen LogP contribution in [-0.4, -0.2) is 45.6 Å². The van der Waals surface area contributed by atoms with Gasteiger partial charge in [0.15, 0.2) is 6.61 Å². The summed E-state index contributed by atoms with van der Waals surface area (Å²) >= 11 is 0. The SMILES string of the molecule is COC(=O)c1c(C)[nH]c(C(=O)COn2nnc3ccccc32)c1C. The number of H-pyrrole nitrogens is 1. The molecule has 0 saturated carbocycles. The lowest BCUT2D eigenvalue weighted by atomic mass is 10.1. The molecule has 1 N–H and O–H groups in total. The number of methoxy groups -OCH3 is 1. The molecule has 124 valence electrons. The molecule has 0 bridgehead atoms. The first-order valence-corrected chi connectivity index (χ1v) is 7.27. The molecular formula is C16H16N4O4. The van der Waals surface area contributed by atoms with E-state index in [4.69, 9.17) is 9.57 Å². The van der Waals surface area contributed by atoms with E-state index >= 15 is 0 Å². The minimum Gasteiger partial charge on any atom is -0.465 e. The van der Waals surface area contributed by atoms with Crippen molar-refractivity contribution in [1.82, 2.24) is 20.1 Å². The molecule has 3 rings (SSSR count). The number of carbonyl (C=O) groups is 2. The third-order valence-electron chi connectivity index (χ3n) is 3.75. The number of benzene rings is 1. The Balaban J connectivity index is 1.80. The highest BCUT2D eigenvalue weighted by molar-refractivity contribution is 6.02. The fourth-order valence-corrected chi connectivity index (χ4v) is 2.57. The minimum absolute atomic E-state index is 0.241. The van der Waals surface area contributed by atoms with Crippen LogP contribution in [0.4, 0.5) is 0 Å². The number of hydrogen-bond acceptors (Lipinski definition) is 6. The number of nitrogens with zero attached hydrogens (tertiary/aromatic N) is 3. The summed E-state index contributed by atoms with van der Waals surface area (Å²) in [5.41, 5.74) is 3.14. The number of aryl methyl sites for hydroxylation is 1. The zero-order valence-electron chi connectivity index (χ0n) is 13.5. The molecule has 0 spiro atoms. The maximum absolute atomic E-state index is 12.4. The highest BCUT2D eigenvalue weighted by Crippen LogP contribution is 2.19. The van der Waals surface area contributed by atoms with Crippen molar-refractivity contribution >= 4 is 22.8 Å². The van der Waals surface area contributed by atoms with Crippen molar-refractivity contribution in [3.05, 3.63) is 46.8 Å². The van der Waals surface area contributed by atoms with Crippen LogP contribution < -0.4 is 4.84 Å². The van der Waals surface area contributed by atoms with Gasteiger partial charge in [0, 0.05) is 5.69 Å². The number of ether oxygens (including phenoxy) is 1. The molecule has 0 unspecified atom stereocenters. The quantitative estimate of drug-likeness (QED) is 0.562. The van der Waals surface area contributed by atoms with Crippen LogP contribution in [0.25, 0.3) is 11.0 Å². The normalized spacial score (nSPS) is 10.8. The van der Waals surface area contributed by atoms with Gasteiger partial charge in [0.05, 0.1) is 18.4 Å².